The first-order chi connectivity index (χ1) is 16.4. The zero-order valence-electron chi connectivity index (χ0n) is 20.7. The number of nitrogens with zero attached hydrogens (tertiary/aromatic N) is 6. The van der Waals surface area contributed by atoms with Gasteiger partial charge in [0, 0.05) is 68.8 Å². The minimum atomic E-state index is -0.0431. The maximum absolute atomic E-state index is 13.0. The number of amides is 1. The molecule has 0 atom stereocenters. The molecule has 2 aromatic heterocycles. The Morgan fingerprint density at radius 3 is 2.41 bits per heavy atom. The van der Waals surface area contributed by atoms with Crippen molar-refractivity contribution < 1.29 is 4.79 Å². The minimum Gasteiger partial charge on any atom is -0.369 e. The molecule has 1 saturated heterocycles. The second-order valence-electron chi connectivity index (χ2n) is 9.93. The monoisotopic (exact) mass is 461 g/mol. The van der Waals surface area contributed by atoms with E-state index in [9.17, 15) is 4.79 Å². The van der Waals surface area contributed by atoms with Gasteiger partial charge in [0.2, 0.25) is 5.95 Å². The Balaban J connectivity index is 1.44. The molecule has 0 unspecified atom stereocenters. The molecule has 2 fully saturated rings. The number of anilines is 3. The third-order valence-corrected chi connectivity index (χ3v) is 7.57. The van der Waals surface area contributed by atoms with E-state index in [0.29, 0.717) is 11.6 Å². The Bertz CT molecular complexity index is 1170. The van der Waals surface area contributed by atoms with E-state index in [1.54, 1.807) is 19.0 Å². The molecular weight excluding hydrogens is 426 g/mol. The van der Waals surface area contributed by atoms with Gasteiger partial charge in [-0.2, -0.15) is 4.98 Å². The number of rotatable bonds is 6. The van der Waals surface area contributed by atoms with Gasteiger partial charge in [0.05, 0.1) is 0 Å². The molecule has 3 aromatic rings. The lowest BCUT2D eigenvalue weighted by Crippen LogP contribution is -2.44. The molecule has 8 heteroatoms. The number of aromatic nitrogens is 3. The highest BCUT2D eigenvalue weighted by Crippen LogP contribution is 2.45. The van der Waals surface area contributed by atoms with Crippen LogP contribution in [-0.4, -0.2) is 77.6 Å². The molecule has 1 saturated carbocycles. The molecular formula is C26H35N7O. The van der Waals surface area contributed by atoms with Crippen molar-refractivity contribution in [2.24, 2.45) is 0 Å². The summed E-state index contributed by atoms with van der Waals surface area (Å²) in [5, 5.41) is 4.27. The van der Waals surface area contributed by atoms with Crippen molar-refractivity contribution in [2.45, 2.75) is 38.1 Å². The molecule has 8 nitrogen and oxygen atoms in total. The zero-order valence-corrected chi connectivity index (χ0v) is 20.7. The summed E-state index contributed by atoms with van der Waals surface area (Å²) in [6, 6.07) is 10.4. The lowest BCUT2D eigenvalue weighted by molar-refractivity contribution is 0.0780. The van der Waals surface area contributed by atoms with Crippen LogP contribution in [0, 0.1) is 0 Å². The number of fused-ring (bicyclic) bond motifs is 1. The fourth-order valence-electron chi connectivity index (χ4n) is 5.19. The quantitative estimate of drug-likeness (QED) is 0.600. The fraction of sp³-hybridized carbons (Fsp3) is 0.500. The molecule has 1 aliphatic carbocycles. The van der Waals surface area contributed by atoms with Gasteiger partial charge in [-0.3, -0.25) is 4.79 Å². The average Bonchev–Trinajstić information content (AvgIpc) is 3.18. The number of carbonyl (C=O) groups is 1. The molecule has 3 heterocycles. The van der Waals surface area contributed by atoms with Crippen LogP contribution in [0.25, 0.3) is 11.0 Å². The predicted octanol–water partition coefficient (Wildman–Crippen LogP) is 3.92. The summed E-state index contributed by atoms with van der Waals surface area (Å²) >= 11 is 0. The largest absolute Gasteiger partial charge is 0.369 e. The molecule has 2 aliphatic rings. The summed E-state index contributed by atoms with van der Waals surface area (Å²) in [5.74, 6) is 0.556. The lowest BCUT2D eigenvalue weighted by atomic mass is 9.74. The second-order valence-corrected chi connectivity index (χ2v) is 9.93. The van der Waals surface area contributed by atoms with Gasteiger partial charge in [0.1, 0.15) is 11.3 Å². The Morgan fingerprint density at radius 2 is 1.82 bits per heavy atom. The van der Waals surface area contributed by atoms with Crippen molar-refractivity contribution in [1.82, 2.24) is 24.3 Å². The first-order valence-corrected chi connectivity index (χ1v) is 12.3. The zero-order chi connectivity index (χ0) is 23.9. The SMILES string of the molecule is CCC1(n2c(C(=O)N(C)C)cc3cnc(Nc4ccc(N5CCN(C)CC5)cc4)nc32)CCC1. The molecule has 1 amide bonds. The van der Waals surface area contributed by atoms with E-state index in [1.807, 2.05) is 12.3 Å². The van der Waals surface area contributed by atoms with Crippen LogP contribution in [0.3, 0.4) is 0 Å². The van der Waals surface area contributed by atoms with Crippen molar-refractivity contribution in [3.63, 3.8) is 0 Å². The molecule has 0 spiro atoms. The van der Waals surface area contributed by atoms with Crippen molar-refractivity contribution in [3.8, 4) is 0 Å². The van der Waals surface area contributed by atoms with Gasteiger partial charge in [-0.15, -0.1) is 0 Å². The van der Waals surface area contributed by atoms with Gasteiger partial charge in [-0.25, -0.2) is 4.98 Å². The number of benzene rings is 1. The van der Waals surface area contributed by atoms with Crippen LogP contribution in [0.4, 0.5) is 17.3 Å². The van der Waals surface area contributed by atoms with E-state index in [1.165, 1.54) is 12.1 Å². The molecule has 34 heavy (non-hydrogen) atoms. The summed E-state index contributed by atoms with van der Waals surface area (Å²) in [7, 11) is 5.77. The standard InChI is InChI=1S/C26H35N7O/c1-5-26(11-6-12-26)33-22(24(34)30(2)3)17-19-18-27-25(29-23(19)33)28-20-7-9-21(10-8-20)32-15-13-31(4)14-16-32/h7-10,17-18H,5-6,11-16H2,1-4H3,(H,27,28,29). The molecule has 1 N–H and O–H groups in total. The van der Waals surface area contributed by atoms with Crippen molar-refractivity contribution in [2.75, 3.05) is 57.5 Å². The van der Waals surface area contributed by atoms with Crippen LogP contribution in [0.15, 0.2) is 36.5 Å². The van der Waals surface area contributed by atoms with E-state index in [4.69, 9.17) is 4.98 Å². The average molecular weight is 462 g/mol. The van der Waals surface area contributed by atoms with Crippen LogP contribution in [0.2, 0.25) is 0 Å². The maximum atomic E-state index is 13.0. The summed E-state index contributed by atoms with van der Waals surface area (Å²) in [5.41, 5.74) is 3.68. The maximum Gasteiger partial charge on any atom is 0.270 e. The summed E-state index contributed by atoms with van der Waals surface area (Å²) in [6.07, 6.45) is 6.13. The minimum absolute atomic E-state index is 0.00623. The topological polar surface area (TPSA) is 69.5 Å². The Kier molecular flexibility index (Phi) is 5.93. The lowest BCUT2D eigenvalue weighted by Gasteiger charge is -2.44. The van der Waals surface area contributed by atoms with E-state index in [0.717, 1.165) is 62.2 Å². The van der Waals surface area contributed by atoms with Crippen LogP contribution in [0.5, 0.6) is 0 Å². The first kappa shape index (κ1) is 22.7. The fourth-order valence-corrected chi connectivity index (χ4v) is 5.19. The Hall–Kier alpha value is -3.13. The molecule has 1 aliphatic heterocycles. The number of carbonyl (C=O) groups excluding carboxylic acids is 1. The molecule has 0 bridgehead atoms. The summed E-state index contributed by atoms with van der Waals surface area (Å²) < 4.78 is 2.19. The van der Waals surface area contributed by atoms with Gasteiger partial charge in [-0.05, 0) is 63.1 Å². The molecule has 1 aromatic carbocycles. The van der Waals surface area contributed by atoms with E-state index in [-0.39, 0.29) is 11.4 Å². The van der Waals surface area contributed by atoms with E-state index in [2.05, 4.69) is 62.9 Å². The van der Waals surface area contributed by atoms with Crippen LogP contribution >= 0.6 is 0 Å². The van der Waals surface area contributed by atoms with Crippen LogP contribution in [0.1, 0.15) is 43.1 Å². The third kappa shape index (κ3) is 4.00. The summed E-state index contributed by atoms with van der Waals surface area (Å²) in [4.78, 5) is 28.9. The van der Waals surface area contributed by atoms with Gasteiger partial charge >= 0.3 is 0 Å². The number of hydrogen-bond acceptors (Lipinski definition) is 6. The second kappa shape index (κ2) is 8.91. The smallest absolute Gasteiger partial charge is 0.270 e. The van der Waals surface area contributed by atoms with Gasteiger partial charge < -0.3 is 24.6 Å². The van der Waals surface area contributed by atoms with E-state index < -0.39 is 0 Å². The number of nitrogens with one attached hydrogen (secondary N) is 1. The van der Waals surface area contributed by atoms with Gasteiger partial charge in [0.15, 0.2) is 0 Å². The Labute approximate surface area is 201 Å². The highest BCUT2D eigenvalue weighted by atomic mass is 16.2. The van der Waals surface area contributed by atoms with Crippen molar-refractivity contribution >= 4 is 34.3 Å². The van der Waals surface area contributed by atoms with Crippen molar-refractivity contribution in [3.05, 3.63) is 42.2 Å². The predicted molar refractivity (Wildman–Crippen MR) is 137 cm³/mol. The van der Waals surface area contributed by atoms with E-state index >= 15 is 0 Å². The first-order valence-electron chi connectivity index (χ1n) is 12.3. The van der Waals surface area contributed by atoms with Crippen LogP contribution < -0.4 is 10.2 Å². The Morgan fingerprint density at radius 1 is 1.12 bits per heavy atom. The number of hydrogen-bond donors (Lipinski definition) is 1. The molecule has 0 radical (unpaired) electrons. The normalized spacial score (nSPS) is 18.1. The van der Waals surface area contributed by atoms with Gasteiger partial charge in [-0.1, -0.05) is 6.92 Å². The molecule has 5 rings (SSSR count). The molecule has 180 valence electrons. The third-order valence-electron chi connectivity index (χ3n) is 7.57. The number of likely N-dealkylation sites (N-methyl/N-ethyl adjacent to an activating group) is 1. The highest BCUT2D eigenvalue weighted by molar-refractivity contribution is 5.98. The van der Waals surface area contributed by atoms with Gasteiger partial charge in [0.25, 0.3) is 5.91 Å². The van der Waals surface area contributed by atoms with Crippen LogP contribution in [-0.2, 0) is 5.54 Å². The summed E-state index contributed by atoms with van der Waals surface area (Å²) in [6.45, 7) is 6.48. The van der Waals surface area contributed by atoms with Crippen molar-refractivity contribution in [1.29, 1.82) is 0 Å². The highest BCUT2D eigenvalue weighted by Gasteiger charge is 2.41. The number of piperazine rings is 1.